The van der Waals surface area contributed by atoms with Gasteiger partial charge in [-0.15, -0.1) is 0 Å². The van der Waals surface area contributed by atoms with E-state index < -0.39 is 0 Å². The van der Waals surface area contributed by atoms with Gasteiger partial charge in [0.25, 0.3) is 11.8 Å². The number of hydrogen-bond donors (Lipinski definition) is 2. The molecule has 22 heavy (non-hydrogen) atoms. The van der Waals surface area contributed by atoms with Crippen LogP contribution in [0.25, 0.3) is 0 Å². The summed E-state index contributed by atoms with van der Waals surface area (Å²) >= 11 is 3.33. The van der Waals surface area contributed by atoms with Gasteiger partial charge in [0.2, 0.25) is 0 Å². The molecule has 2 N–H and O–H groups in total. The van der Waals surface area contributed by atoms with Crippen molar-refractivity contribution in [2.75, 3.05) is 5.32 Å². The Hall–Kier alpha value is -2.14. The lowest BCUT2D eigenvalue weighted by Crippen LogP contribution is -2.25. The van der Waals surface area contributed by atoms with E-state index in [1.165, 1.54) is 0 Å². The summed E-state index contributed by atoms with van der Waals surface area (Å²) in [6.07, 6.45) is 2.13. The Balaban J connectivity index is 1.63. The molecule has 112 valence electrons. The fourth-order valence-corrected chi connectivity index (χ4v) is 2.27. The van der Waals surface area contributed by atoms with Gasteiger partial charge in [0.15, 0.2) is 0 Å². The fourth-order valence-electron chi connectivity index (χ4n) is 2.01. The normalized spacial score (nSPS) is 13.5. The Morgan fingerprint density at radius 3 is 2.00 bits per heavy atom. The number of carbonyl (C=O) groups excluding carboxylic acids is 2. The number of rotatable bonds is 4. The van der Waals surface area contributed by atoms with E-state index in [1.54, 1.807) is 36.4 Å². The van der Waals surface area contributed by atoms with Crippen molar-refractivity contribution in [3.8, 4) is 0 Å². The second kappa shape index (κ2) is 6.32. The molecule has 1 fully saturated rings. The topological polar surface area (TPSA) is 58.2 Å². The standard InChI is InChI=1S/C17H15BrN2O2/c18-13-5-1-11(2-6-13)16(21)19-14-7-3-12(4-8-14)17(22)20-15-9-10-15/h1-8,15H,9-10H2,(H,19,21)(H,20,22). The van der Waals surface area contributed by atoms with Crippen molar-refractivity contribution in [3.63, 3.8) is 0 Å². The van der Waals surface area contributed by atoms with Crippen LogP contribution in [0.4, 0.5) is 5.69 Å². The van der Waals surface area contributed by atoms with Crippen LogP contribution in [0.15, 0.2) is 53.0 Å². The second-order valence-electron chi connectivity index (χ2n) is 5.29. The molecule has 2 amide bonds. The van der Waals surface area contributed by atoms with Crippen molar-refractivity contribution in [2.24, 2.45) is 0 Å². The predicted octanol–water partition coefficient (Wildman–Crippen LogP) is 3.59. The van der Waals surface area contributed by atoms with Gasteiger partial charge in [0.1, 0.15) is 0 Å². The van der Waals surface area contributed by atoms with Crippen LogP contribution >= 0.6 is 15.9 Å². The van der Waals surface area contributed by atoms with Gasteiger partial charge in [-0.05, 0) is 61.4 Å². The molecule has 0 bridgehead atoms. The van der Waals surface area contributed by atoms with Gasteiger partial charge in [-0.3, -0.25) is 9.59 Å². The molecular formula is C17H15BrN2O2. The Labute approximate surface area is 137 Å². The molecule has 3 rings (SSSR count). The number of anilines is 1. The van der Waals surface area contributed by atoms with Gasteiger partial charge in [0.05, 0.1) is 0 Å². The summed E-state index contributed by atoms with van der Waals surface area (Å²) in [6, 6.07) is 14.4. The van der Waals surface area contributed by atoms with Crippen molar-refractivity contribution in [1.82, 2.24) is 5.32 Å². The first-order valence-corrected chi connectivity index (χ1v) is 7.89. The Morgan fingerprint density at radius 1 is 0.864 bits per heavy atom. The summed E-state index contributed by atoms with van der Waals surface area (Å²) in [5, 5.41) is 5.74. The van der Waals surface area contributed by atoms with E-state index in [1.807, 2.05) is 12.1 Å². The SMILES string of the molecule is O=C(Nc1ccc(C(=O)NC2CC2)cc1)c1ccc(Br)cc1. The average molecular weight is 359 g/mol. The quantitative estimate of drug-likeness (QED) is 0.877. The van der Waals surface area contributed by atoms with E-state index in [-0.39, 0.29) is 11.8 Å². The van der Waals surface area contributed by atoms with Gasteiger partial charge in [-0.1, -0.05) is 15.9 Å². The van der Waals surface area contributed by atoms with E-state index in [2.05, 4.69) is 26.6 Å². The molecule has 1 saturated carbocycles. The minimum absolute atomic E-state index is 0.0618. The van der Waals surface area contributed by atoms with Crippen LogP contribution in [-0.4, -0.2) is 17.9 Å². The summed E-state index contributed by atoms with van der Waals surface area (Å²) in [7, 11) is 0. The Kier molecular flexibility index (Phi) is 4.24. The van der Waals surface area contributed by atoms with E-state index in [9.17, 15) is 9.59 Å². The average Bonchev–Trinajstić information content (AvgIpc) is 3.32. The van der Waals surface area contributed by atoms with Gasteiger partial charge < -0.3 is 10.6 Å². The lowest BCUT2D eigenvalue weighted by atomic mass is 10.1. The molecule has 1 aliphatic carbocycles. The summed E-state index contributed by atoms with van der Waals surface area (Å²) < 4.78 is 0.926. The molecule has 0 spiro atoms. The number of halogens is 1. The highest BCUT2D eigenvalue weighted by Gasteiger charge is 2.23. The molecule has 2 aromatic rings. The van der Waals surface area contributed by atoms with Crippen LogP contribution in [0.5, 0.6) is 0 Å². The third-order valence-electron chi connectivity index (χ3n) is 3.42. The summed E-state index contributed by atoms with van der Waals surface area (Å²) in [4.78, 5) is 24.0. The molecule has 2 aromatic carbocycles. The first-order chi connectivity index (χ1) is 10.6. The lowest BCUT2D eigenvalue weighted by molar-refractivity contribution is 0.0950. The molecule has 0 aliphatic heterocycles. The Bertz CT molecular complexity index is 692. The third-order valence-corrected chi connectivity index (χ3v) is 3.95. The third kappa shape index (κ3) is 3.74. The van der Waals surface area contributed by atoms with Crippen LogP contribution in [0, 0.1) is 0 Å². The van der Waals surface area contributed by atoms with E-state index in [0.717, 1.165) is 17.3 Å². The maximum atomic E-state index is 12.1. The molecule has 0 atom stereocenters. The number of benzene rings is 2. The molecule has 0 saturated heterocycles. The van der Waals surface area contributed by atoms with Gasteiger partial charge >= 0.3 is 0 Å². The zero-order valence-electron chi connectivity index (χ0n) is 11.8. The largest absolute Gasteiger partial charge is 0.349 e. The van der Waals surface area contributed by atoms with Crippen molar-refractivity contribution >= 4 is 33.4 Å². The molecular weight excluding hydrogens is 344 g/mol. The summed E-state index contributed by atoms with van der Waals surface area (Å²) in [5.74, 6) is -0.240. The van der Waals surface area contributed by atoms with Crippen molar-refractivity contribution in [1.29, 1.82) is 0 Å². The van der Waals surface area contributed by atoms with Crippen LogP contribution in [0.3, 0.4) is 0 Å². The van der Waals surface area contributed by atoms with E-state index in [0.29, 0.717) is 22.9 Å². The Morgan fingerprint density at radius 2 is 1.41 bits per heavy atom. The maximum Gasteiger partial charge on any atom is 0.255 e. The monoisotopic (exact) mass is 358 g/mol. The number of amides is 2. The van der Waals surface area contributed by atoms with Gasteiger partial charge in [0, 0.05) is 27.3 Å². The molecule has 1 aliphatic rings. The minimum Gasteiger partial charge on any atom is -0.349 e. The first-order valence-electron chi connectivity index (χ1n) is 7.10. The maximum absolute atomic E-state index is 12.1. The minimum atomic E-state index is -0.178. The van der Waals surface area contributed by atoms with Crippen molar-refractivity contribution < 1.29 is 9.59 Å². The number of hydrogen-bond acceptors (Lipinski definition) is 2. The van der Waals surface area contributed by atoms with E-state index >= 15 is 0 Å². The molecule has 4 nitrogen and oxygen atoms in total. The molecule has 5 heteroatoms. The molecule has 0 unspecified atom stereocenters. The first kappa shape index (κ1) is 14.8. The summed E-state index contributed by atoms with van der Waals surface area (Å²) in [5.41, 5.74) is 1.85. The number of carbonyl (C=O) groups is 2. The highest BCUT2D eigenvalue weighted by molar-refractivity contribution is 9.10. The zero-order chi connectivity index (χ0) is 15.5. The highest BCUT2D eigenvalue weighted by atomic mass is 79.9. The van der Waals surface area contributed by atoms with Crippen molar-refractivity contribution in [3.05, 3.63) is 64.1 Å². The molecule has 0 aromatic heterocycles. The fraction of sp³-hybridized carbons (Fsp3) is 0.176. The summed E-state index contributed by atoms with van der Waals surface area (Å²) in [6.45, 7) is 0. The lowest BCUT2D eigenvalue weighted by Gasteiger charge is -2.07. The zero-order valence-corrected chi connectivity index (χ0v) is 13.4. The van der Waals surface area contributed by atoms with Gasteiger partial charge in [-0.25, -0.2) is 0 Å². The van der Waals surface area contributed by atoms with Crippen LogP contribution in [-0.2, 0) is 0 Å². The smallest absolute Gasteiger partial charge is 0.255 e. The van der Waals surface area contributed by atoms with Crippen LogP contribution in [0.2, 0.25) is 0 Å². The van der Waals surface area contributed by atoms with E-state index in [4.69, 9.17) is 0 Å². The second-order valence-corrected chi connectivity index (χ2v) is 6.20. The molecule has 0 radical (unpaired) electrons. The highest BCUT2D eigenvalue weighted by Crippen LogP contribution is 2.20. The molecule has 0 heterocycles. The number of nitrogens with one attached hydrogen (secondary N) is 2. The van der Waals surface area contributed by atoms with Crippen LogP contribution in [0.1, 0.15) is 33.6 Å². The van der Waals surface area contributed by atoms with Gasteiger partial charge in [-0.2, -0.15) is 0 Å². The van der Waals surface area contributed by atoms with Crippen LogP contribution < -0.4 is 10.6 Å². The predicted molar refractivity (Wildman–Crippen MR) is 89.0 cm³/mol. The van der Waals surface area contributed by atoms with Crippen molar-refractivity contribution in [2.45, 2.75) is 18.9 Å².